The molecule has 198 valence electrons. The van der Waals surface area contributed by atoms with E-state index in [0.29, 0.717) is 30.2 Å². The van der Waals surface area contributed by atoms with Crippen LogP contribution in [0.15, 0.2) is 48.8 Å². The van der Waals surface area contributed by atoms with Crippen LogP contribution in [0, 0.1) is 0 Å². The van der Waals surface area contributed by atoms with Crippen molar-refractivity contribution in [2.45, 2.75) is 38.0 Å². The number of carbonyl (C=O) groups is 1. The lowest BCUT2D eigenvalue weighted by Crippen LogP contribution is -2.45. The molecule has 3 aromatic rings. The monoisotopic (exact) mass is 535 g/mol. The summed E-state index contributed by atoms with van der Waals surface area (Å²) in [4.78, 5) is 28.4. The Morgan fingerprint density at radius 2 is 1.76 bits per heavy atom. The van der Waals surface area contributed by atoms with Crippen molar-refractivity contribution in [1.29, 1.82) is 0 Å². The van der Waals surface area contributed by atoms with Gasteiger partial charge in [-0.05, 0) is 49.2 Å². The van der Waals surface area contributed by atoms with Gasteiger partial charge in [-0.1, -0.05) is 0 Å². The maximum atomic E-state index is 12.3. The van der Waals surface area contributed by atoms with Gasteiger partial charge < -0.3 is 20.3 Å². The van der Waals surface area contributed by atoms with Gasteiger partial charge in [-0.2, -0.15) is 4.31 Å². The lowest BCUT2D eigenvalue weighted by atomic mass is 10.1. The molecule has 3 aliphatic heterocycles. The Morgan fingerprint density at radius 1 is 1.03 bits per heavy atom. The molecular formula is C26H29N7O4S. The van der Waals surface area contributed by atoms with Crippen LogP contribution >= 0.6 is 0 Å². The number of aromatic nitrogens is 3. The number of fused-ring (bicyclic) bond motifs is 3. The minimum Gasteiger partial charge on any atom is -0.371 e. The van der Waals surface area contributed by atoms with E-state index in [1.165, 1.54) is 10.6 Å². The van der Waals surface area contributed by atoms with Gasteiger partial charge in [-0.3, -0.25) is 4.98 Å². The summed E-state index contributed by atoms with van der Waals surface area (Å²) in [6, 6.07) is 10.5. The van der Waals surface area contributed by atoms with E-state index in [-0.39, 0.29) is 24.8 Å². The summed E-state index contributed by atoms with van der Waals surface area (Å²) in [5.41, 5.74) is 3.79. The van der Waals surface area contributed by atoms with E-state index in [4.69, 9.17) is 14.7 Å². The molecule has 0 radical (unpaired) electrons. The summed E-state index contributed by atoms with van der Waals surface area (Å²) < 4.78 is 32.1. The maximum absolute atomic E-state index is 12.3. The van der Waals surface area contributed by atoms with E-state index in [2.05, 4.69) is 20.5 Å². The zero-order valence-electron chi connectivity index (χ0n) is 21.0. The molecule has 12 heteroatoms. The first-order valence-corrected chi connectivity index (χ1v) is 14.5. The van der Waals surface area contributed by atoms with E-state index in [9.17, 15) is 13.2 Å². The fraction of sp³-hybridized carbons (Fsp3) is 0.385. The van der Waals surface area contributed by atoms with Crippen molar-refractivity contribution in [2.24, 2.45) is 0 Å². The second-order valence-corrected chi connectivity index (χ2v) is 11.9. The van der Waals surface area contributed by atoms with Gasteiger partial charge in [0, 0.05) is 55.6 Å². The highest BCUT2D eigenvalue weighted by molar-refractivity contribution is 7.88. The van der Waals surface area contributed by atoms with E-state index in [1.54, 1.807) is 36.7 Å². The Balaban J connectivity index is 1.27. The number of morpholine rings is 1. The molecule has 2 saturated heterocycles. The van der Waals surface area contributed by atoms with Gasteiger partial charge in [-0.15, -0.1) is 0 Å². The van der Waals surface area contributed by atoms with E-state index in [0.717, 1.165) is 48.6 Å². The second kappa shape index (κ2) is 9.93. The fourth-order valence-corrected chi connectivity index (χ4v) is 6.05. The Hall–Kier alpha value is -3.61. The molecule has 0 spiro atoms. The largest absolute Gasteiger partial charge is 0.371 e. The molecule has 0 aliphatic carbocycles. The summed E-state index contributed by atoms with van der Waals surface area (Å²) >= 11 is 0. The zero-order valence-corrected chi connectivity index (χ0v) is 21.8. The third kappa shape index (κ3) is 5.19. The van der Waals surface area contributed by atoms with Gasteiger partial charge in [0.1, 0.15) is 5.82 Å². The average Bonchev–Trinajstić information content (AvgIpc) is 3.25. The van der Waals surface area contributed by atoms with Crippen molar-refractivity contribution in [3.05, 3.63) is 60.0 Å². The zero-order chi connectivity index (χ0) is 26.3. The minimum absolute atomic E-state index is 0.167. The third-order valence-corrected chi connectivity index (χ3v) is 8.39. The maximum Gasteiger partial charge on any atom is 0.323 e. The highest BCUT2D eigenvalue weighted by Gasteiger charge is 2.37. The first-order valence-electron chi connectivity index (χ1n) is 12.7. The number of pyridine rings is 1. The number of hydrogen-bond acceptors (Lipinski definition) is 8. The normalized spacial score (nSPS) is 21.1. The van der Waals surface area contributed by atoms with Gasteiger partial charge in [0.2, 0.25) is 10.0 Å². The van der Waals surface area contributed by atoms with Crippen LogP contribution < -0.4 is 15.5 Å². The predicted molar refractivity (Wildman–Crippen MR) is 143 cm³/mol. The quantitative estimate of drug-likeness (QED) is 0.510. The molecule has 2 fully saturated rings. The number of carbonyl (C=O) groups excluding carboxylic acids is 1. The van der Waals surface area contributed by atoms with E-state index in [1.807, 2.05) is 12.1 Å². The van der Waals surface area contributed by atoms with E-state index >= 15 is 0 Å². The molecule has 5 heterocycles. The summed E-state index contributed by atoms with van der Waals surface area (Å²) in [5.74, 6) is 1.37. The fourth-order valence-electron chi connectivity index (χ4n) is 5.27. The van der Waals surface area contributed by atoms with Crippen LogP contribution in [0.25, 0.3) is 11.4 Å². The summed E-state index contributed by atoms with van der Waals surface area (Å²) in [6.07, 6.45) is 7.37. The van der Waals surface area contributed by atoms with Crippen LogP contribution in [0.5, 0.6) is 0 Å². The van der Waals surface area contributed by atoms with Gasteiger partial charge in [-0.25, -0.2) is 23.2 Å². The molecule has 11 nitrogen and oxygen atoms in total. The van der Waals surface area contributed by atoms with Gasteiger partial charge in [0.25, 0.3) is 0 Å². The molecule has 6 rings (SSSR count). The summed E-state index contributed by atoms with van der Waals surface area (Å²) in [5, 5.41) is 5.56. The number of ether oxygens (including phenoxy) is 1. The molecule has 1 aromatic carbocycles. The smallest absolute Gasteiger partial charge is 0.323 e. The summed E-state index contributed by atoms with van der Waals surface area (Å²) in [7, 11) is -3.33. The van der Waals surface area contributed by atoms with Crippen molar-refractivity contribution in [3.63, 3.8) is 0 Å². The van der Waals surface area contributed by atoms with E-state index < -0.39 is 10.0 Å². The molecule has 2 atom stereocenters. The number of urea groups is 1. The van der Waals surface area contributed by atoms with Crippen LogP contribution in [0.2, 0.25) is 0 Å². The van der Waals surface area contributed by atoms with Crippen LogP contribution in [-0.4, -0.2) is 71.8 Å². The summed E-state index contributed by atoms with van der Waals surface area (Å²) in [6.45, 7) is 2.12. The molecule has 2 amide bonds. The number of nitrogens with zero attached hydrogens (tertiary/aromatic N) is 5. The number of benzene rings is 1. The first kappa shape index (κ1) is 24.7. The van der Waals surface area contributed by atoms with Crippen LogP contribution in [0.4, 0.5) is 22.0 Å². The highest BCUT2D eigenvalue weighted by Crippen LogP contribution is 2.35. The third-order valence-electron chi connectivity index (χ3n) is 7.14. The molecule has 2 N–H and O–H groups in total. The van der Waals surface area contributed by atoms with Gasteiger partial charge in [0.05, 0.1) is 36.0 Å². The predicted octanol–water partition coefficient (Wildman–Crippen LogP) is 2.87. The Morgan fingerprint density at radius 3 is 2.45 bits per heavy atom. The molecule has 0 saturated carbocycles. The Bertz CT molecular complexity index is 1440. The van der Waals surface area contributed by atoms with Crippen molar-refractivity contribution < 1.29 is 17.9 Å². The number of rotatable bonds is 5. The number of hydrogen-bond donors (Lipinski definition) is 2. The molecule has 38 heavy (non-hydrogen) atoms. The average molecular weight is 536 g/mol. The number of sulfonamides is 1. The molecular weight excluding hydrogens is 506 g/mol. The standard InChI is InChI=1S/C26H29N7O4S/c1-38(35,36)33-12-10-23-22(16-33)25(32-14-20-8-9-21(15-32)37-20)31-24(30-23)17-4-6-18(7-5-17)28-26(34)29-19-3-2-11-27-13-19/h2-7,11,13,20-21H,8-10,12,14-16H2,1H3,(H2,28,29,34). The molecule has 2 aromatic heterocycles. The lowest BCUT2D eigenvalue weighted by Gasteiger charge is -2.36. The Labute approximate surface area is 221 Å². The van der Waals surface area contributed by atoms with Crippen molar-refractivity contribution in [3.8, 4) is 11.4 Å². The van der Waals surface area contributed by atoms with Gasteiger partial charge in [0.15, 0.2) is 5.82 Å². The van der Waals surface area contributed by atoms with Crippen LogP contribution in [-0.2, 0) is 27.7 Å². The van der Waals surface area contributed by atoms with Crippen LogP contribution in [0.1, 0.15) is 24.1 Å². The van der Waals surface area contributed by atoms with Crippen molar-refractivity contribution >= 4 is 33.2 Å². The molecule has 3 aliphatic rings. The highest BCUT2D eigenvalue weighted by atomic mass is 32.2. The number of amides is 2. The molecule has 2 unspecified atom stereocenters. The minimum atomic E-state index is -3.33. The molecule has 2 bridgehead atoms. The second-order valence-electron chi connectivity index (χ2n) is 9.90. The van der Waals surface area contributed by atoms with Crippen molar-refractivity contribution in [2.75, 3.05) is 41.4 Å². The van der Waals surface area contributed by atoms with Gasteiger partial charge >= 0.3 is 6.03 Å². The first-order chi connectivity index (χ1) is 18.3. The SMILES string of the molecule is CS(=O)(=O)N1CCc2nc(-c3ccc(NC(=O)Nc4cccnc4)cc3)nc(N3CC4CCC(C3)O4)c2C1. The Kier molecular flexibility index (Phi) is 6.46. The van der Waals surface area contributed by atoms with Crippen LogP contribution in [0.3, 0.4) is 0 Å². The number of nitrogens with one attached hydrogen (secondary N) is 2. The van der Waals surface area contributed by atoms with Crippen molar-refractivity contribution in [1.82, 2.24) is 19.3 Å². The topological polar surface area (TPSA) is 130 Å². The number of anilines is 3. The lowest BCUT2D eigenvalue weighted by molar-refractivity contribution is 0.0301.